The van der Waals surface area contributed by atoms with Crippen molar-refractivity contribution < 1.29 is 27.5 Å². The number of esters is 1. The second-order valence-corrected chi connectivity index (χ2v) is 10.8. The van der Waals surface area contributed by atoms with E-state index in [4.69, 9.17) is 21.1 Å². The molecule has 3 aromatic carbocycles. The zero-order valence-corrected chi connectivity index (χ0v) is 22.2. The SMILES string of the molecule is CCOC(=O)Cn1c(=NC(=O)c2ccc(NS(=O)(=O)c3ccc(Cl)cc3)cc2)sc2cc(OC)ccc21. The number of benzene rings is 3. The van der Waals surface area contributed by atoms with E-state index in [0.29, 0.717) is 21.1 Å². The molecular weight excluding hydrogens is 538 g/mol. The summed E-state index contributed by atoms with van der Waals surface area (Å²) in [6, 6.07) is 17.0. The molecule has 0 aliphatic heterocycles. The van der Waals surface area contributed by atoms with Crippen molar-refractivity contribution in [2.75, 3.05) is 18.4 Å². The maximum atomic E-state index is 13.0. The van der Waals surface area contributed by atoms with Gasteiger partial charge in [-0.3, -0.25) is 14.3 Å². The summed E-state index contributed by atoms with van der Waals surface area (Å²) in [6.07, 6.45) is 0. The number of amides is 1. The van der Waals surface area contributed by atoms with Gasteiger partial charge in [0.1, 0.15) is 12.3 Å². The minimum atomic E-state index is -3.83. The zero-order valence-electron chi connectivity index (χ0n) is 19.8. The molecule has 0 fully saturated rings. The zero-order chi connectivity index (χ0) is 26.6. The number of anilines is 1. The lowest BCUT2D eigenvalue weighted by molar-refractivity contribution is -0.143. The van der Waals surface area contributed by atoms with Gasteiger partial charge >= 0.3 is 5.97 Å². The Balaban J connectivity index is 1.62. The molecule has 0 bridgehead atoms. The third kappa shape index (κ3) is 6.19. The summed E-state index contributed by atoms with van der Waals surface area (Å²) in [7, 11) is -2.28. The van der Waals surface area contributed by atoms with Crippen LogP contribution < -0.4 is 14.3 Å². The van der Waals surface area contributed by atoms with Crippen LogP contribution in [-0.4, -0.2) is 38.6 Å². The van der Waals surface area contributed by atoms with E-state index >= 15 is 0 Å². The first-order chi connectivity index (χ1) is 17.7. The van der Waals surface area contributed by atoms with Crippen molar-refractivity contribution in [2.45, 2.75) is 18.4 Å². The van der Waals surface area contributed by atoms with Crippen LogP contribution in [0, 0.1) is 0 Å². The first-order valence-corrected chi connectivity index (χ1v) is 13.7. The Morgan fingerprint density at radius 3 is 2.41 bits per heavy atom. The number of rotatable bonds is 8. The highest BCUT2D eigenvalue weighted by Crippen LogP contribution is 2.24. The Hall–Kier alpha value is -3.67. The summed E-state index contributed by atoms with van der Waals surface area (Å²) in [5, 5.41) is 0.423. The van der Waals surface area contributed by atoms with Gasteiger partial charge in [-0.2, -0.15) is 4.99 Å². The molecule has 9 nitrogen and oxygen atoms in total. The fourth-order valence-corrected chi connectivity index (χ4v) is 5.66. The van der Waals surface area contributed by atoms with Gasteiger partial charge in [0.15, 0.2) is 4.80 Å². The minimum Gasteiger partial charge on any atom is -0.497 e. The molecule has 12 heteroatoms. The predicted octanol–water partition coefficient (Wildman–Crippen LogP) is 4.47. The summed E-state index contributed by atoms with van der Waals surface area (Å²) in [4.78, 5) is 29.8. The molecule has 1 amide bonds. The maximum Gasteiger partial charge on any atom is 0.326 e. The number of hydrogen-bond acceptors (Lipinski definition) is 7. The lowest BCUT2D eigenvalue weighted by Gasteiger charge is -2.08. The molecule has 37 heavy (non-hydrogen) atoms. The standard InChI is InChI=1S/C25H22ClN3O6S2/c1-3-35-23(30)15-29-21-13-10-19(34-2)14-22(21)36-25(29)27-24(31)16-4-8-18(9-5-16)28-37(32,33)20-11-6-17(26)7-12-20/h4-14,28H,3,15H2,1-2H3. The molecule has 0 radical (unpaired) electrons. The molecule has 192 valence electrons. The van der Waals surface area contributed by atoms with Gasteiger partial charge in [-0.1, -0.05) is 22.9 Å². The van der Waals surface area contributed by atoms with Crippen LogP contribution in [0.3, 0.4) is 0 Å². The molecule has 1 heterocycles. The molecule has 0 atom stereocenters. The summed E-state index contributed by atoms with van der Waals surface area (Å²) < 4.78 is 40.4. The van der Waals surface area contributed by atoms with Gasteiger partial charge in [-0.15, -0.1) is 0 Å². The van der Waals surface area contributed by atoms with Gasteiger partial charge in [0.2, 0.25) is 0 Å². The van der Waals surface area contributed by atoms with Crippen molar-refractivity contribution in [1.82, 2.24) is 4.57 Å². The molecule has 4 aromatic rings. The number of aromatic nitrogens is 1. The second-order valence-electron chi connectivity index (χ2n) is 7.66. The average Bonchev–Trinajstić information content (AvgIpc) is 3.20. The third-order valence-corrected chi connectivity index (χ3v) is 7.88. The van der Waals surface area contributed by atoms with Crippen LogP contribution in [0.2, 0.25) is 5.02 Å². The number of halogens is 1. The Morgan fingerprint density at radius 2 is 1.76 bits per heavy atom. The maximum absolute atomic E-state index is 13.0. The summed E-state index contributed by atoms with van der Waals surface area (Å²) in [6.45, 7) is 1.83. The molecule has 4 rings (SSSR count). The number of ether oxygens (including phenoxy) is 2. The molecule has 0 spiro atoms. The topological polar surface area (TPSA) is 116 Å². The van der Waals surface area contributed by atoms with Crippen LogP contribution in [0.15, 0.2) is 76.6 Å². The fourth-order valence-electron chi connectivity index (χ4n) is 3.41. The van der Waals surface area contributed by atoms with Crippen LogP contribution in [-0.2, 0) is 26.1 Å². The molecule has 1 aromatic heterocycles. The average molecular weight is 560 g/mol. The number of sulfonamides is 1. The first-order valence-electron chi connectivity index (χ1n) is 11.0. The Bertz CT molecular complexity index is 1630. The van der Waals surface area contributed by atoms with Gasteiger partial charge in [0, 0.05) is 16.3 Å². The van der Waals surface area contributed by atoms with E-state index in [-0.39, 0.29) is 29.3 Å². The van der Waals surface area contributed by atoms with Crippen molar-refractivity contribution in [1.29, 1.82) is 0 Å². The van der Waals surface area contributed by atoms with Gasteiger partial charge < -0.3 is 14.0 Å². The second kappa shape index (κ2) is 11.2. The van der Waals surface area contributed by atoms with E-state index in [0.717, 1.165) is 4.70 Å². The Morgan fingerprint density at radius 1 is 1.05 bits per heavy atom. The Kier molecular flexibility index (Phi) is 7.96. The number of carbonyl (C=O) groups is 2. The minimum absolute atomic E-state index is 0.0552. The normalized spacial score (nSPS) is 11.9. The van der Waals surface area contributed by atoms with Crippen molar-refractivity contribution in [3.63, 3.8) is 0 Å². The van der Waals surface area contributed by atoms with Crippen LogP contribution >= 0.6 is 22.9 Å². The monoisotopic (exact) mass is 559 g/mol. The van der Waals surface area contributed by atoms with Gasteiger partial charge in [0.05, 0.1) is 28.8 Å². The summed E-state index contributed by atoms with van der Waals surface area (Å²) in [5.41, 5.74) is 1.22. The van der Waals surface area contributed by atoms with E-state index in [9.17, 15) is 18.0 Å². The number of hydrogen-bond donors (Lipinski definition) is 1. The van der Waals surface area contributed by atoms with Crippen LogP contribution in [0.4, 0.5) is 5.69 Å². The van der Waals surface area contributed by atoms with Gasteiger partial charge in [-0.25, -0.2) is 8.42 Å². The molecule has 0 unspecified atom stereocenters. The van der Waals surface area contributed by atoms with Crippen molar-refractivity contribution in [2.24, 2.45) is 4.99 Å². The lowest BCUT2D eigenvalue weighted by atomic mass is 10.2. The van der Waals surface area contributed by atoms with Crippen LogP contribution in [0.25, 0.3) is 10.2 Å². The molecular formula is C25H22ClN3O6S2. The molecule has 0 aliphatic carbocycles. The van der Waals surface area contributed by atoms with E-state index in [1.807, 2.05) is 0 Å². The first kappa shape index (κ1) is 26.4. The number of carbonyl (C=O) groups excluding carboxylic acids is 2. The molecule has 0 aliphatic rings. The van der Waals surface area contributed by atoms with Crippen LogP contribution in [0.5, 0.6) is 5.75 Å². The smallest absolute Gasteiger partial charge is 0.326 e. The number of nitrogens with one attached hydrogen (secondary N) is 1. The number of thiazole rings is 1. The predicted molar refractivity (Wildman–Crippen MR) is 142 cm³/mol. The van der Waals surface area contributed by atoms with E-state index in [1.54, 1.807) is 36.8 Å². The van der Waals surface area contributed by atoms with E-state index in [1.165, 1.54) is 59.9 Å². The van der Waals surface area contributed by atoms with Crippen molar-refractivity contribution in [3.05, 3.63) is 82.1 Å². The highest BCUT2D eigenvalue weighted by Gasteiger charge is 2.16. The largest absolute Gasteiger partial charge is 0.497 e. The van der Waals surface area contributed by atoms with Gasteiger partial charge in [0.25, 0.3) is 15.9 Å². The molecule has 1 N–H and O–H groups in total. The third-order valence-electron chi connectivity index (χ3n) is 5.19. The number of nitrogens with zero attached hydrogens (tertiary/aromatic N) is 2. The number of methoxy groups -OCH3 is 1. The Labute approximate surface area is 222 Å². The molecule has 0 saturated carbocycles. The van der Waals surface area contributed by atoms with E-state index < -0.39 is 21.9 Å². The van der Waals surface area contributed by atoms with Crippen molar-refractivity contribution in [3.8, 4) is 5.75 Å². The van der Waals surface area contributed by atoms with Crippen molar-refractivity contribution >= 4 is 60.7 Å². The highest BCUT2D eigenvalue weighted by molar-refractivity contribution is 7.92. The van der Waals surface area contributed by atoms with Gasteiger partial charge in [-0.05, 0) is 73.7 Å². The fraction of sp³-hybridized carbons (Fsp3) is 0.160. The summed E-state index contributed by atoms with van der Waals surface area (Å²) >= 11 is 7.06. The highest BCUT2D eigenvalue weighted by atomic mass is 35.5. The van der Waals surface area contributed by atoms with Crippen LogP contribution in [0.1, 0.15) is 17.3 Å². The summed E-state index contributed by atoms with van der Waals surface area (Å²) in [5.74, 6) is -0.376. The molecule has 0 saturated heterocycles. The number of fused-ring (bicyclic) bond motifs is 1. The lowest BCUT2D eigenvalue weighted by Crippen LogP contribution is -2.23. The quantitative estimate of drug-likeness (QED) is 0.318. The van der Waals surface area contributed by atoms with E-state index in [2.05, 4.69) is 9.71 Å².